The van der Waals surface area contributed by atoms with E-state index in [1.54, 1.807) is 0 Å². The fraction of sp³-hybridized carbons (Fsp3) is 0.750. The maximum absolute atomic E-state index is 6.44. The van der Waals surface area contributed by atoms with Gasteiger partial charge in [0, 0.05) is 31.4 Å². The number of aryl methyl sites for hydroxylation is 1. The van der Waals surface area contributed by atoms with Crippen molar-refractivity contribution in [1.82, 2.24) is 9.55 Å². The molecule has 3 nitrogen and oxygen atoms in total. The van der Waals surface area contributed by atoms with Gasteiger partial charge in [0.1, 0.15) is 5.82 Å². The van der Waals surface area contributed by atoms with E-state index in [2.05, 4.69) is 23.4 Å². The van der Waals surface area contributed by atoms with E-state index in [1.807, 2.05) is 19.4 Å². The predicted octanol–water partition coefficient (Wildman–Crippen LogP) is 1.87. The van der Waals surface area contributed by atoms with Crippen LogP contribution in [0.15, 0.2) is 12.4 Å². The Morgan fingerprint density at radius 2 is 2.20 bits per heavy atom. The average Bonchev–Trinajstić information content (AvgIpc) is 2.59. The van der Waals surface area contributed by atoms with Crippen molar-refractivity contribution in [1.29, 1.82) is 0 Å². The van der Waals surface area contributed by atoms with Crippen LogP contribution in [0.3, 0.4) is 0 Å². The molecule has 1 saturated carbocycles. The Kier molecular flexibility index (Phi) is 2.38. The third-order valence-electron chi connectivity index (χ3n) is 3.56. The first-order valence-corrected chi connectivity index (χ1v) is 5.65. The minimum atomic E-state index is -0.0391. The fourth-order valence-corrected chi connectivity index (χ4v) is 2.75. The minimum absolute atomic E-state index is 0.0391. The van der Waals surface area contributed by atoms with E-state index < -0.39 is 0 Å². The highest BCUT2D eigenvalue weighted by Crippen LogP contribution is 2.43. The van der Waals surface area contributed by atoms with Gasteiger partial charge in [-0.25, -0.2) is 4.98 Å². The highest BCUT2D eigenvalue weighted by molar-refractivity contribution is 5.05. The Morgan fingerprint density at radius 3 is 2.67 bits per heavy atom. The van der Waals surface area contributed by atoms with Crippen LogP contribution < -0.4 is 5.73 Å². The van der Waals surface area contributed by atoms with Gasteiger partial charge in [0.2, 0.25) is 0 Å². The molecule has 0 spiro atoms. The number of hydrogen-bond donors (Lipinski definition) is 1. The Hall–Kier alpha value is -0.830. The van der Waals surface area contributed by atoms with Crippen LogP contribution in [-0.2, 0) is 13.5 Å². The second-order valence-electron chi connectivity index (χ2n) is 5.83. The summed E-state index contributed by atoms with van der Waals surface area (Å²) in [6.45, 7) is 4.61. The molecule has 1 atom stereocenters. The zero-order valence-electron chi connectivity index (χ0n) is 9.95. The largest absolute Gasteiger partial charge is 0.338 e. The predicted molar refractivity (Wildman–Crippen MR) is 61.5 cm³/mol. The van der Waals surface area contributed by atoms with Crippen molar-refractivity contribution in [3.8, 4) is 0 Å². The van der Waals surface area contributed by atoms with Gasteiger partial charge >= 0.3 is 0 Å². The van der Waals surface area contributed by atoms with E-state index in [0.29, 0.717) is 5.41 Å². The van der Waals surface area contributed by atoms with Crippen LogP contribution in [0, 0.1) is 5.41 Å². The van der Waals surface area contributed by atoms with Crippen LogP contribution in [0.2, 0.25) is 0 Å². The SMILES string of the molecule is Cn1ccnc1CC1(N)CCC(C)(C)C1. The lowest BCUT2D eigenvalue weighted by Gasteiger charge is -2.26. The molecule has 0 bridgehead atoms. The first kappa shape index (κ1) is 10.7. The molecule has 0 amide bonds. The van der Waals surface area contributed by atoms with Crippen molar-refractivity contribution in [2.24, 2.45) is 18.2 Å². The maximum atomic E-state index is 6.44. The molecule has 2 N–H and O–H groups in total. The summed E-state index contributed by atoms with van der Waals surface area (Å²) in [4.78, 5) is 4.36. The third kappa shape index (κ3) is 2.23. The van der Waals surface area contributed by atoms with Gasteiger partial charge in [-0.1, -0.05) is 13.8 Å². The lowest BCUT2D eigenvalue weighted by atomic mass is 9.86. The normalized spacial score (nSPS) is 29.6. The standard InChI is InChI=1S/C12H21N3/c1-11(2)4-5-12(13,9-11)8-10-14-6-7-15(10)3/h6-7H,4-5,8-9,13H2,1-3H3. The van der Waals surface area contributed by atoms with Crippen molar-refractivity contribution >= 4 is 0 Å². The lowest BCUT2D eigenvalue weighted by Crippen LogP contribution is -2.40. The first-order chi connectivity index (χ1) is 6.90. The highest BCUT2D eigenvalue weighted by atomic mass is 15.0. The molecule has 84 valence electrons. The molecule has 0 saturated heterocycles. The third-order valence-corrected chi connectivity index (χ3v) is 3.56. The molecule has 1 heterocycles. The van der Waals surface area contributed by atoms with Crippen molar-refractivity contribution in [2.45, 2.75) is 45.1 Å². The van der Waals surface area contributed by atoms with E-state index >= 15 is 0 Å². The number of imidazole rings is 1. The van der Waals surface area contributed by atoms with Crippen molar-refractivity contribution in [3.05, 3.63) is 18.2 Å². The maximum Gasteiger partial charge on any atom is 0.110 e. The van der Waals surface area contributed by atoms with E-state index in [4.69, 9.17) is 5.73 Å². The summed E-state index contributed by atoms with van der Waals surface area (Å²) in [7, 11) is 2.03. The van der Waals surface area contributed by atoms with Crippen LogP contribution in [0.1, 0.15) is 38.9 Å². The quantitative estimate of drug-likeness (QED) is 0.804. The second kappa shape index (κ2) is 3.34. The van der Waals surface area contributed by atoms with E-state index in [-0.39, 0.29) is 5.54 Å². The van der Waals surface area contributed by atoms with Gasteiger partial charge in [0.15, 0.2) is 0 Å². The molecular formula is C12H21N3. The summed E-state index contributed by atoms with van der Waals surface area (Å²) in [6.07, 6.45) is 8.19. The summed E-state index contributed by atoms with van der Waals surface area (Å²) in [5.74, 6) is 1.11. The Balaban J connectivity index is 2.10. The van der Waals surface area contributed by atoms with Gasteiger partial charge in [-0.2, -0.15) is 0 Å². The number of nitrogens with two attached hydrogens (primary N) is 1. The number of rotatable bonds is 2. The van der Waals surface area contributed by atoms with Gasteiger partial charge in [0.25, 0.3) is 0 Å². The summed E-state index contributed by atoms with van der Waals surface area (Å²) in [5.41, 5.74) is 6.81. The number of aromatic nitrogens is 2. The van der Waals surface area contributed by atoms with E-state index in [0.717, 1.165) is 25.1 Å². The average molecular weight is 207 g/mol. The summed E-state index contributed by atoms with van der Waals surface area (Å²) >= 11 is 0. The Labute approximate surface area is 91.7 Å². The van der Waals surface area contributed by atoms with Crippen molar-refractivity contribution in [3.63, 3.8) is 0 Å². The number of nitrogens with zero attached hydrogens (tertiary/aromatic N) is 2. The van der Waals surface area contributed by atoms with Gasteiger partial charge in [-0.05, 0) is 24.7 Å². The molecule has 1 unspecified atom stereocenters. The molecule has 1 aromatic heterocycles. The second-order valence-corrected chi connectivity index (χ2v) is 5.83. The molecule has 0 radical (unpaired) electrons. The monoisotopic (exact) mass is 207 g/mol. The van der Waals surface area contributed by atoms with Crippen LogP contribution in [0.5, 0.6) is 0 Å². The lowest BCUT2D eigenvalue weighted by molar-refractivity contribution is 0.330. The van der Waals surface area contributed by atoms with Gasteiger partial charge in [0.05, 0.1) is 0 Å². The molecule has 1 aliphatic carbocycles. The van der Waals surface area contributed by atoms with E-state index in [1.165, 1.54) is 6.42 Å². The van der Waals surface area contributed by atoms with Gasteiger partial charge in [-0.3, -0.25) is 0 Å². The van der Waals surface area contributed by atoms with Gasteiger partial charge in [-0.15, -0.1) is 0 Å². The minimum Gasteiger partial charge on any atom is -0.338 e. The molecule has 1 aliphatic rings. The molecule has 1 aromatic rings. The summed E-state index contributed by atoms with van der Waals surface area (Å²) in [6, 6.07) is 0. The van der Waals surface area contributed by atoms with Crippen molar-refractivity contribution in [2.75, 3.05) is 0 Å². The summed E-state index contributed by atoms with van der Waals surface area (Å²) in [5, 5.41) is 0. The van der Waals surface area contributed by atoms with Crippen molar-refractivity contribution < 1.29 is 0 Å². The van der Waals surface area contributed by atoms with E-state index in [9.17, 15) is 0 Å². The van der Waals surface area contributed by atoms with Crippen LogP contribution >= 0.6 is 0 Å². The molecule has 2 rings (SSSR count). The zero-order chi connectivity index (χ0) is 11.1. The first-order valence-electron chi connectivity index (χ1n) is 5.65. The molecule has 0 aromatic carbocycles. The molecule has 3 heteroatoms. The van der Waals surface area contributed by atoms with Gasteiger partial charge < -0.3 is 10.3 Å². The summed E-state index contributed by atoms with van der Waals surface area (Å²) < 4.78 is 2.07. The number of hydrogen-bond acceptors (Lipinski definition) is 2. The van der Waals surface area contributed by atoms with Crippen LogP contribution in [-0.4, -0.2) is 15.1 Å². The van der Waals surface area contributed by atoms with Crippen LogP contribution in [0.25, 0.3) is 0 Å². The molecule has 15 heavy (non-hydrogen) atoms. The molecular weight excluding hydrogens is 186 g/mol. The smallest absolute Gasteiger partial charge is 0.110 e. The zero-order valence-corrected chi connectivity index (χ0v) is 9.95. The van der Waals surface area contributed by atoms with Crippen LogP contribution in [0.4, 0.5) is 0 Å². The fourth-order valence-electron chi connectivity index (χ4n) is 2.75. The molecule has 0 aliphatic heterocycles. The highest BCUT2D eigenvalue weighted by Gasteiger charge is 2.40. The topological polar surface area (TPSA) is 43.8 Å². The Bertz CT molecular complexity index is 354. The Morgan fingerprint density at radius 1 is 1.47 bits per heavy atom. The molecule has 1 fully saturated rings.